The lowest BCUT2D eigenvalue weighted by Crippen LogP contribution is -2.37. The van der Waals surface area contributed by atoms with Gasteiger partial charge in [0.05, 0.1) is 10.6 Å². The standard InChI is InChI=1S/C21H26N2O3S/c1-15(2)23(19-9-7-16(3)8-10-19)27(25,26)20-11-12-21-18(14-20)6-5-13-22(21)17(4)24/h7-12,14-15H,5-6,13H2,1-4H3. The number of fused-ring (bicyclic) bond motifs is 1. The Hall–Kier alpha value is -2.34. The molecule has 6 heteroatoms. The van der Waals surface area contributed by atoms with Gasteiger partial charge in [0.25, 0.3) is 10.0 Å². The van der Waals surface area contributed by atoms with Crippen LogP contribution in [0.15, 0.2) is 47.4 Å². The average Bonchev–Trinajstić information content (AvgIpc) is 2.62. The highest BCUT2D eigenvalue weighted by molar-refractivity contribution is 7.92. The lowest BCUT2D eigenvalue weighted by atomic mass is 10.0. The van der Waals surface area contributed by atoms with E-state index in [9.17, 15) is 13.2 Å². The molecule has 2 aromatic rings. The van der Waals surface area contributed by atoms with E-state index in [2.05, 4.69) is 0 Å². The molecule has 1 amide bonds. The first-order valence-electron chi connectivity index (χ1n) is 9.24. The summed E-state index contributed by atoms with van der Waals surface area (Å²) in [6, 6.07) is 12.4. The highest BCUT2D eigenvalue weighted by Gasteiger charge is 2.29. The molecule has 0 unspecified atom stereocenters. The zero-order valence-electron chi connectivity index (χ0n) is 16.3. The van der Waals surface area contributed by atoms with Crippen molar-refractivity contribution in [1.29, 1.82) is 0 Å². The van der Waals surface area contributed by atoms with Gasteiger partial charge in [0.15, 0.2) is 0 Å². The van der Waals surface area contributed by atoms with Crippen molar-refractivity contribution in [2.75, 3.05) is 15.7 Å². The van der Waals surface area contributed by atoms with E-state index >= 15 is 0 Å². The van der Waals surface area contributed by atoms with Crippen LogP contribution >= 0.6 is 0 Å². The summed E-state index contributed by atoms with van der Waals surface area (Å²) in [6.07, 6.45) is 1.61. The maximum atomic E-state index is 13.4. The summed E-state index contributed by atoms with van der Waals surface area (Å²) in [5.41, 5.74) is 3.46. The van der Waals surface area contributed by atoms with Gasteiger partial charge >= 0.3 is 0 Å². The first-order valence-corrected chi connectivity index (χ1v) is 10.7. The third-order valence-corrected chi connectivity index (χ3v) is 6.86. The number of anilines is 2. The Morgan fingerprint density at radius 2 is 1.78 bits per heavy atom. The minimum Gasteiger partial charge on any atom is -0.312 e. The molecule has 0 bridgehead atoms. The van der Waals surface area contributed by atoms with Gasteiger partial charge in [0.2, 0.25) is 5.91 Å². The Kier molecular flexibility index (Phi) is 5.29. The molecular weight excluding hydrogens is 360 g/mol. The number of carbonyl (C=O) groups is 1. The summed E-state index contributed by atoms with van der Waals surface area (Å²) in [4.78, 5) is 13.8. The number of nitrogens with zero attached hydrogens (tertiary/aromatic N) is 2. The van der Waals surface area contributed by atoms with E-state index < -0.39 is 10.0 Å². The summed E-state index contributed by atoms with van der Waals surface area (Å²) >= 11 is 0. The Morgan fingerprint density at radius 1 is 1.11 bits per heavy atom. The Balaban J connectivity index is 2.05. The molecule has 1 heterocycles. The largest absolute Gasteiger partial charge is 0.312 e. The number of hydrogen-bond donors (Lipinski definition) is 0. The molecule has 0 aliphatic carbocycles. The van der Waals surface area contributed by atoms with Crippen LogP contribution in [0.1, 0.15) is 38.3 Å². The smallest absolute Gasteiger partial charge is 0.264 e. The van der Waals surface area contributed by atoms with Gasteiger partial charge in [0, 0.05) is 25.2 Å². The third-order valence-electron chi connectivity index (χ3n) is 4.86. The number of aryl methyl sites for hydroxylation is 2. The second-order valence-electron chi connectivity index (χ2n) is 7.29. The number of carbonyl (C=O) groups excluding carboxylic acids is 1. The van der Waals surface area contributed by atoms with Crippen molar-refractivity contribution in [2.24, 2.45) is 0 Å². The molecule has 144 valence electrons. The van der Waals surface area contributed by atoms with Gasteiger partial charge in [0.1, 0.15) is 0 Å². The highest BCUT2D eigenvalue weighted by Crippen LogP contribution is 2.32. The molecule has 1 aliphatic rings. The second-order valence-corrected chi connectivity index (χ2v) is 9.11. The predicted molar refractivity (Wildman–Crippen MR) is 109 cm³/mol. The first kappa shape index (κ1) is 19.4. The van der Waals surface area contributed by atoms with Gasteiger partial charge in [-0.1, -0.05) is 17.7 Å². The van der Waals surface area contributed by atoms with Crippen LogP contribution in [0.3, 0.4) is 0 Å². The third kappa shape index (κ3) is 3.72. The maximum absolute atomic E-state index is 13.4. The minimum absolute atomic E-state index is 0.0185. The highest BCUT2D eigenvalue weighted by atomic mass is 32.2. The van der Waals surface area contributed by atoms with E-state index in [0.29, 0.717) is 12.2 Å². The summed E-state index contributed by atoms with van der Waals surface area (Å²) in [5, 5.41) is 0. The molecule has 2 aromatic carbocycles. The predicted octanol–water partition coefficient (Wildman–Crippen LogP) is 3.90. The molecule has 0 N–H and O–H groups in total. The van der Waals surface area contributed by atoms with Crippen LogP contribution in [0.25, 0.3) is 0 Å². The SMILES string of the molecule is CC(=O)N1CCCc2cc(S(=O)(=O)N(c3ccc(C)cc3)C(C)C)ccc21. The Morgan fingerprint density at radius 3 is 2.37 bits per heavy atom. The topological polar surface area (TPSA) is 57.7 Å². The fourth-order valence-corrected chi connectivity index (χ4v) is 5.29. The molecule has 0 saturated carbocycles. The van der Waals surface area contributed by atoms with Gasteiger partial charge in [-0.05, 0) is 69.5 Å². The fourth-order valence-electron chi connectivity index (χ4n) is 3.58. The van der Waals surface area contributed by atoms with Crippen LogP contribution in [0.5, 0.6) is 0 Å². The van der Waals surface area contributed by atoms with Gasteiger partial charge in [-0.15, -0.1) is 0 Å². The number of amides is 1. The molecule has 3 rings (SSSR count). The normalized spacial score (nSPS) is 14.2. The van der Waals surface area contributed by atoms with Crippen molar-refractivity contribution in [3.63, 3.8) is 0 Å². The van der Waals surface area contributed by atoms with E-state index in [1.165, 1.54) is 11.2 Å². The molecule has 0 saturated heterocycles. The van der Waals surface area contributed by atoms with Crippen molar-refractivity contribution >= 4 is 27.3 Å². The monoisotopic (exact) mass is 386 g/mol. The first-order chi connectivity index (χ1) is 12.7. The van der Waals surface area contributed by atoms with Crippen LogP contribution in [-0.4, -0.2) is 26.9 Å². The zero-order valence-corrected chi connectivity index (χ0v) is 17.1. The Labute approximate surface area is 161 Å². The zero-order chi connectivity index (χ0) is 19.8. The number of sulfonamides is 1. The molecule has 0 atom stereocenters. The number of rotatable bonds is 4. The lowest BCUT2D eigenvalue weighted by Gasteiger charge is -2.31. The second kappa shape index (κ2) is 7.35. The van der Waals surface area contributed by atoms with Crippen molar-refractivity contribution in [1.82, 2.24) is 0 Å². The minimum atomic E-state index is -3.71. The van der Waals surface area contributed by atoms with Crippen LogP contribution in [-0.2, 0) is 21.2 Å². The van der Waals surface area contributed by atoms with E-state index in [-0.39, 0.29) is 16.8 Å². The molecule has 5 nitrogen and oxygen atoms in total. The van der Waals surface area contributed by atoms with Gasteiger partial charge in [-0.3, -0.25) is 9.10 Å². The van der Waals surface area contributed by atoms with Crippen molar-refractivity contribution in [2.45, 2.75) is 51.5 Å². The van der Waals surface area contributed by atoms with E-state index in [1.807, 2.05) is 45.0 Å². The molecule has 0 radical (unpaired) electrons. The Bertz CT molecular complexity index is 950. The van der Waals surface area contributed by atoms with Crippen molar-refractivity contribution in [3.05, 3.63) is 53.6 Å². The van der Waals surface area contributed by atoms with Gasteiger partial charge in [-0.2, -0.15) is 0 Å². The van der Waals surface area contributed by atoms with Gasteiger partial charge < -0.3 is 4.90 Å². The van der Waals surface area contributed by atoms with Crippen molar-refractivity contribution in [3.8, 4) is 0 Å². The molecular formula is C21H26N2O3S. The number of benzene rings is 2. The van der Waals surface area contributed by atoms with E-state index in [1.54, 1.807) is 23.1 Å². The van der Waals surface area contributed by atoms with Crippen LogP contribution < -0.4 is 9.21 Å². The fraction of sp³-hybridized carbons (Fsp3) is 0.381. The molecule has 0 aromatic heterocycles. The summed E-state index contributed by atoms with van der Waals surface area (Å²) in [7, 11) is -3.71. The van der Waals surface area contributed by atoms with Crippen molar-refractivity contribution < 1.29 is 13.2 Å². The maximum Gasteiger partial charge on any atom is 0.264 e. The summed E-state index contributed by atoms with van der Waals surface area (Å²) in [6.45, 7) is 7.93. The molecule has 0 spiro atoms. The lowest BCUT2D eigenvalue weighted by molar-refractivity contribution is -0.116. The quantitative estimate of drug-likeness (QED) is 0.801. The van der Waals surface area contributed by atoms with Crippen LogP contribution in [0.2, 0.25) is 0 Å². The van der Waals surface area contributed by atoms with Crippen LogP contribution in [0.4, 0.5) is 11.4 Å². The summed E-state index contributed by atoms with van der Waals surface area (Å²) < 4.78 is 28.3. The van der Waals surface area contributed by atoms with Gasteiger partial charge in [-0.25, -0.2) is 8.42 Å². The van der Waals surface area contributed by atoms with Crippen LogP contribution in [0, 0.1) is 6.92 Å². The summed E-state index contributed by atoms with van der Waals surface area (Å²) in [5.74, 6) is -0.0185. The number of hydrogen-bond acceptors (Lipinski definition) is 3. The average molecular weight is 387 g/mol. The molecule has 27 heavy (non-hydrogen) atoms. The molecule has 0 fully saturated rings. The molecule has 1 aliphatic heterocycles. The van der Waals surface area contributed by atoms with E-state index in [0.717, 1.165) is 29.7 Å². The van der Waals surface area contributed by atoms with E-state index in [4.69, 9.17) is 0 Å².